The average Bonchev–Trinajstić information content (AvgIpc) is 3.02. The molecule has 0 amide bonds. The largest absolute Gasteiger partial charge is 0.497 e. The number of fused-ring (bicyclic) bond motifs is 1. The van der Waals surface area contributed by atoms with E-state index in [1.165, 1.54) is 6.21 Å². The number of hydrogen-bond acceptors (Lipinski definition) is 6. The van der Waals surface area contributed by atoms with Crippen molar-refractivity contribution in [2.45, 2.75) is 0 Å². The molecule has 2 aromatic carbocycles. The summed E-state index contributed by atoms with van der Waals surface area (Å²) in [4.78, 5) is 16.6. The van der Waals surface area contributed by atoms with E-state index in [1.54, 1.807) is 49.6 Å². The molecule has 3 rings (SSSR count). The predicted octanol–water partition coefficient (Wildman–Crippen LogP) is 2.61. The number of nitrogens with zero attached hydrogens (tertiary/aromatic N) is 1. The van der Waals surface area contributed by atoms with Gasteiger partial charge >= 0.3 is 5.97 Å². The predicted molar refractivity (Wildman–Crippen MR) is 78.6 cm³/mol. The molecule has 0 saturated carbocycles. The molecule has 6 heteroatoms. The van der Waals surface area contributed by atoms with E-state index < -0.39 is 5.97 Å². The van der Waals surface area contributed by atoms with Gasteiger partial charge in [0.2, 0.25) is 6.79 Å². The van der Waals surface area contributed by atoms with Crippen molar-refractivity contribution < 1.29 is 23.8 Å². The Labute approximate surface area is 126 Å². The number of carbonyl (C=O) groups excluding carboxylic acids is 1. The van der Waals surface area contributed by atoms with Gasteiger partial charge in [0, 0.05) is 5.56 Å². The first-order valence-corrected chi connectivity index (χ1v) is 6.55. The molecule has 0 spiro atoms. The SMILES string of the molecule is COc1ccc(C(=O)ON=Cc2ccc3c(c2)OCO3)cc1. The summed E-state index contributed by atoms with van der Waals surface area (Å²) in [6.45, 7) is 0.211. The van der Waals surface area contributed by atoms with Gasteiger partial charge in [0.15, 0.2) is 11.5 Å². The van der Waals surface area contributed by atoms with Crippen LogP contribution >= 0.6 is 0 Å². The lowest BCUT2D eigenvalue weighted by molar-refractivity contribution is 0.0519. The second kappa shape index (κ2) is 6.17. The monoisotopic (exact) mass is 299 g/mol. The Bertz CT molecular complexity index is 709. The lowest BCUT2D eigenvalue weighted by Crippen LogP contribution is -2.01. The van der Waals surface area contributed by atoms with Crippen LogP contribution in [0, 0.1) is 0 Å². The molecule has 0 bridgehead atoms. The van der Waals surface area contributed by atoms with Crippen LogP contribution in [0.3, 0.4) is 0 Å². The molecule has 0 radical (unpaired) electrons. The lowest BCUT2D eigenvalue weighted by atomic mass is 10.2. The van der Waals surface area contributed by atoms with Gasteiger partial charge < -0.3 is 19.0 Å². The third-order valence-corrected chi connectivity index (χ3v) is 3.06. The molecule has 1 heterocycles. The highest BCUT2D eigenvalue weighted by Crippen LogP contribution is 2.31. The number of carbonyl (C=O) groups is 1. The van der Waals surface area contributed by atoms with Gasteiger partial charge in [-0.15, -0.1) is 0 Å². The maximum Gasteiger partial charge on any atom is 0.365 e. The van der Waals surface area contributed by atoms with Gasteiger partial charge in [0.05, 0.1) is 18.9 Å². The molecule has 22 heavy (non-hydrogen) atoms. The summed E-state index contributed by atoms with van der Waals surface area (Å²) in [5.74, 6) is 1.46. The molecule has 1 aliphatic rings. The number of oxime groups is 1. The van der Waals surface area contributed by atoms with Gasteiger partial charge in [-0.05, 0) is 42.5 Å². The second-order valence-corrected chi connectivity index (χ2v) is 4.45. The molecule has 6 nitrogen and oxygen atoms in total. The Balaban J connectivity index is 1.62. The first-order chi connectivity index (χ1) is 10.8. The van der Waals surface area contributed by atoms with Crippen LogP contribution in [-0.4, -0.2) is 26.1 Å². The van der Waals surface area contributed by atoms with E-state index >= 15 is 0 Å². The van der Waals surface area contributed by atoms with E-state index in [1.807, 2.05) is 0 Å². The summed E-state index contributed by atoms with van der Waals surface area (Å²) in [6, 6.07) is 11.9. The van der Waals surface area contributed by atoms with Crippen molar-refractivity contribution in [2.75, 3.05) is 13.9 Å². The molecule has 0 aromatic heterocycles. The van der Waals surface area contributed by atoms with Crippen LogP contribution in [0.15, 0.2) is 47.6 Å². The Hall–Kier alpha value is -3.02. The van der Waals surface area contributed by atoms with Gasteiger partial charge in [-0.1, -0.05) is 5.16 Å². The summed E-state index contributed by atoms with van der Waals surface area (Å²) in [5.41, 5.74) is 1.13. The van der Waals surface area contributed by atoms with Gasteiger partial charge in [0.1, 0.15) is 5.75 Å². The van der Waals surface area contributed by atoms with Crippen molar-refractivity contribution >= 4 is 12.2 Å². The molecule has 0 atom stereocenters. The van der Waals surface area contributed by atoms with Crippen LogP contribution in [0.25, 0.3) is 0 Å². The smallest absolute Gasteiger partial charge is 0.365 e. The van der Waals surface area contributed by atoms with E-state index in [-0.39, 0.29) is 6.79 Å². The second-order valence-electron chi connectivity index (χ2n) is 4.45. The van der Waals surface area contributed by atoms with Crippen molar-refractivity contribution in [3.8, 4) is 17.2 Å². The Morgan fingerprint density at radius 1 is 1.14 bits per heavy atom. The molecule has 2 aromatic rings. The fourth-order valence-corrected chi connectivity index (χ4v) is 1.91. The van der Waals surface area contributed by atoms with Crippen LogP contribution < -0.4 is 14.2 Å². The quantitative estimate of drug-likeness (QED) is 0.493. The highest BCUT2D eigenvalue weighted by atomic mass is 16.7. The minimum Gasteiger partial charge on any atom is -0.497 e. The van der Waals surface area contributed by atoms with Crippen LogP contribution in [-0.2, 0) is 4.84 Å². The van der Waals surface area contributed by atoms with Crippen molar-refractivity contribution in [3.63, 3.8) is 0 Å². The number of hydrogen-bond donors (Lipinski definition) is 0. The normalized spacial score (nSPS) is 12.4. The van der Waals surface area contributed by atoms with Crippen LogP contribution in [0.2, 0.25) is 0 Å². The van der Waals surface area contributed by atoms with Crippen molar-refractivity contribution in [1.82, 2.24) is 0 Å². The fraction of sp³-hybridized carbons (Fsp3) is 0.125. The standard InChI is InChI=1S/C16H13NO5/c1-19-13-5-3-12(4-6-13)16(18)22-17-9-11-2-7-14-15(8-11)21-10-20-14/h2-9H,10H2,1H3. The number of ether oxygens (including phenoxy) is 3. The molecule has 112 valence electrons. The first kappa shape index (κ1) is 13.9. The summed E-state index contributed by atoms with van der Waals surface area (Å²) in [5, 5.41) is 3.68. The molecule has 0 fully saturated rings. The molecular weight excluding hydrogens is 286 g/mol. The number of benzene rings is 2. The zero-order valence-corrected chi connectivity index (χ0v) is 11.8. The topological polar surface area (TPSA) is 66.4 Å². The maximum atomic E-state index is 11.8. The molecular formula is C16H13NO5. The van der Waals surface area contributed by atoms with E-state index in [4.69, 9.17) is 19.0 Å². The zero-order valence-electron chi connectivity index (χ0n) is 11.8. The van der Waals surface area contributed by atoms with E-state index in [2.05, 4.69) is 5.16 Å². The summed E-state index contributed by atoms with van der Waals surface area (Å²) in [6.07, 6.45) is 1.43. The van der Waals surface area contributed by atoms with E-state index in [0.29, 0.717) is 22.8 Å². The number of rotatable bonds is 4. The lowest BCUT2D eigenvalue weighted by Gasteiger charge is -2.01. The Morgan fingerprint density at radius 2 is 1.91 bits per heavy atom. The average molecular weight is 299 g/mol. The summed E-state index contributed by atoms with van der Waals surface area (Å²) < 4.78 is 15.5. The Kier molecular flexibility index (Phi) is 3.91. The molecule has 0 saturated heterocycles. The zero-order chi connectivity index (χ0) is 15.4. The molecule has 0 N–H and O–H groups in total. The fourth-order valence-electron chi connectivity index (χ4n) is 1.91. The third kappa shape index (κ3) is 3.01. The van der Waals surface area contributed by atoms with Crippen molar-refractivity contribution in [2.24, 2.45) is 5.16 Å². The molecule has 0 unspecified atom stereocenters. The highest BCUT2D eigenvalue weighted by Gasteiger charge is 2.12. The van der Waals surface area contributed by atoms with E-state index in [0.717, 1.165) is 5.56 Å². The van der Waals surface area contributed by atoms with Crippen LogP contribution in [0.4, 0.5) is 0 Å². The van der Waals surface area contributed by atoms with Crippen LogP contribution in [0.1, 0.15) is 15.9 Å². The molecule has 0 aliphatic carbocycles. The summed E-state index contributed by atoms with van der Waals surface area (Å²) in [7, 11) is 1.56. The third-order valence-electron chi connectivity index (χ3n) is 3.06. The first-order valence-electron chi connectivity index (χ1n) is 6.55. The summed E-state index contributed by atoms with van der Waals surface area (Å²) >= 11 is 0. The van der Waals surface area contributed by atoms with Crippen molar-refractivity contribution in [3.05, 3.63) is 53.6 Å². The van der Waals surface area contributed by atoms with E-state index in [9.17, 15) is 4.79 Å². The number of methoxy groups -OCH3 is 1. The molecule has 1 aliphatic heterocycles. The van der Waals surface area contributed by atoms with Crippen molar-refractivity contribution in [1.29, 1.82) is 0 Å². The minimum atomic E-state index is -0.542. The van der Waals surface area contributed by atoms with Gasteiger partial charge in [-0.2, -0.15) is 0 Å². The maximum absolute atomic E-state index is 11.8. The van der Waals surface area contributed by atoms with Gasteiger partial charge in [-0.3, -0.25) is 0 Å². The Morgan fingerprint density at radius 3 is 2.68 bits per heavy atom. The van der Waals surface area contributed by atoms with Gasteiger partial charge in [0.25, 0.3) is 0 Å². The van der Waals surface area contributed by atoms with Crippen LogP contribution in [0.5, 0.6) is 17.2 Å². The highest BCUT2D eigenvalue weighted by molar-refractivity contribution is 5.90. The van der Waals surface area contributed by atoms with Gasteiger partial charge in [-0.25, -0.2) is 4.79 Å². The minimum absolute atomic E-state index is 0.211.